The Labute approximate surface area is 186 Å². The second kappa shape index (κ2) is 9.57. The molecule has 2 aromatic carbocycles. The van der Waals surface area contributed by atoms with Gasteiger partial charge in [-0.3, -0.25) is 10.1 Å². The van der Waals surface area contributed by atoms with Crippen molar-refractivity contribution in [1.29, 1.82) is 0 Å². The van der Waals surface area contributed by atoms with Crippen molar-refractivity contribution in [2.45, 2.75) is 43.7 Å². The highest BCUT2D eigenvalue weighted by atomic mass is 32.2. The van der Waals surface area contributed by atoms with Gasteiger partial charge in [0.25, 0.3) is 5.91 Å². The lowest BCUT2D eigenvalue weighted by Crippen LogP contribution is -2.20. The zero-order chi connectivity index (χ0) is 22.6. The summed E-state index contributed by atoms with van der Waals surface area (Å²) < 4.78 is 30.8. The number of rotatable bonds is 8. The molecule has 0 bridgehead atoms. The van der Waals surface area contributed by atoms with Crippen molar-refractivity contribution in [3.8, 4) is 5.75 Å². The summed E-state index contributed by atoms with van der Waals surface area (Å²) >= 11 is 0.826. The first-order valence-electron chi connectivity index (χ1n) is 9.79. The Morgan fingerprint density at radius 3 is 2.55 bits per heavy atom. The number of aryl methyl sites for hydroxylation is 2. The van der Waals surface area contributed by atoms with Gasteiger partial charge in [-0.05, 0) is 42.5 Å². The van der Waals surface area contributed by atoms with Gasteiger partial charge in [-0.2, -0.15) is 0 Å². The van der Waals surface area contributed by atoms with E-state index < -0.39 is 15.7 Å². The summed E-state index contributed by atoms with van der Waals surface area (Å²) in [5, 5.41) is 10.2. The summed E-state index contributed by atoms with van der Waals surface area (Å²) in [7, 11) is -3.66. The fourth-order valence-electron chi connectivity index (χ4n) is 3.01. The topological polar surface area (TPSA) is 98.3 Å². The van der Waals surface area contributed by atoms with Crippen molar-refractivity contribution >= 4 is 32.2 Å². The lowest BCUT2D eigenvalue weighted by molar-refractivity contribution is -0.118. The van der Waals surface area contributed by atoms with Crippen molar-refractivity contribution in [2.24, 2.45) is 0 Å². The Bertz CT molecular complexity index is 1190. The molecule has 164 valence electrons. The summed E-state index contributed by atoms with van der Waals surface area (Å²) in [5.74, 6) is 0.299. The minimum absolute atomic E-state index is 0.116. The highest BCUT2D eigenvalue weighted by Gasteiger charge is 2.22. The van der Waals surface area contributed by atoms with E-state index in [1.54, 1.807) is 6.07 Å². The zero-order valence-corrected chi connectivity index (χ0v) is 19.5. The van der Waals surface area contributed by atoms with E-state index in [2.05, 4.69) is 29.4 Å². The molecule has 1 amide bonds. The number of aromatic nitrogens is 2. The third-order valence-corrected chi connectivity index (χ3v) is 7.48. The number of hydrogen-bond acceptors (Lipinski definition) is 7. The molecule has 0 aliphatic carbocycles. The number of nitrogens with one attached hydrogen (secondary N) is 1. The van der Waals surface area contributed by atoms with Crippen LogP contribution in [0.2, 0.25) is 0 Å². The minimum Gasteiger partial charge on any atom is -0.483 e. The number of carbonyl (C=O) groups excluding carboxylic acids is 1. The number of benzene rings is 2. The third kappa shape index (κ3) is 6.11. The molecule has 0 saturated carbocycles. The quantitative estimate of drug-likeness (QED) is 0.505. The van der Waals surface area contributed by atoms with Crippen LogP contribution in [0.5, 0.6) is 5.75 Å². The van der Waals surface area contributed by atoms with E-state index in [-0.39, 0.29) is 27.7 Å². The van der Waals surface area contributed by atoms with Gasteiger partial charge in [0.15, 0.2) is 6.61 Å². The van der Waals surface area contributed by atoms with Crippen molar-refractivity contribution in [2.75, 3.05) is 11.9 Å². The van der Waals surface area contributed by atoms with E-state index in [1.807, 2.05) is 50.2 Å². The van der Waals surface area contributed by atoms with Gasteiger partial charge >= 0.3 is 0 Å². The van der Waals surface area contributed by atoms with Crippen molar-refractivity contribution in [3.63, 3.8) is 0 Å². The smallest absolute Gasteiger partial charge is 0.264 e. The number of sulfone groups is 1. The molecule has 0 atom stereocenters. The van der Waals surface area contributed by atoms with E-state index in [0.717, 1.165) is 28.0 Å². The summed E-state index contributed by atoms with van der Waals surface area (Å²) in [5.41, 5.74) is 3.70. The first-order chi connectivity index (χ1) is 14.6. The van der Waals surface area contributed by atoms with Gasteiger partial charge < -0.3 is 4.74 Å². The molecule has 7 nitrogen and oxygen atoms in total. The number of carbonyl (C=O) groups is 1. The standard InChI is InChI=1S/C22H25N3O4S2/c1-14(2)18-9-8-16(4)11-19(18)29-12-20(26)23-21-24-25-22(30-21)31(27,28)13-17-7-5-6-15(3)10-17/h5-11,14H,12-13H2,1-4H3,(H,23,24,26). The van der Waals surface area contributed by atoms with Crippen LogP contribution >= 0.6 is 11.3 Å². The SMILES string of the molecule is Cc1cccc(CS(=O)(=O)c2nnc(NC(=O)COc3cc(C)ccc3C(C)C)s2)c1. The molecule has 1 aromatic heterocycles. The minimum atomic E-state index is -3.66. The summed E-state index contributed by atoms with van der Waals surface area (Å²) in [6, 6.07) is 13.2. The van der Waals surface area contributed by atoms with Crippen LogP contribution in [0, 0.1) is 13.8 Å². The van der Waals surface area contributed by atoms with E-state index in [1.165, 1.54) is 0 Å². The fourth-order valence-corrected chi connectivity index (χ4v) is 5.33. The number of hydrogen-bond donors (Lipinski definition) is 1. The highest BCUT2D eigenvalue weighted by Crippen LogP contribution is 2.28. The molecule has 0 aliphatic rings. The van der Waals surface area contributed by atoms with Crippen molar-refractivity contribution in [3.05, 3.63) is 64.7 Å². The molecule has 1 N–H and O–H groups in total. The average molecular weight is 460 g/mol. The Hall–Kier alpha value is -2.78. The summed E-state index contributed by atoms with van der Waals surface area (Å²) in [6.07, 6.45) is 0. The summed E-state index contributed by atoms with van der Waals surface area (Å²) in [6.45, 7) is 7.75. The molecule has 0 saturated heterocycles. The number of amides is 1. The van der Waals surface area contributed by atoms with E-state index in [9.17, 15) is 13.2 Å². The second-order valence-electron chi connectivity index (χ2n) is 7.65. The number of nitrogens with zero attached hydrogens (tertiary/aromatic N) is 2. The maximum atomic E-state index is 12.6. The predicted octanol–water partition coefficient (Wildman–Crippen LogP) is 4.27. The molecule has 3 rings (SSSR count). The van der Waals surface area contributed by atoms with Gasteiger partial charge in [-0.25, -0.2) is 8.42 Å². The molecule has 3 aromatic rings. The number of anilines is 1. The third-order valence-electron chi connectivity index (χ3n) is 4.51. The largest absolute Gasteiger partial charge is 0.483 e. The molecular weight excluding hydrogens is 434 g/mol. The maximum absolute atomic E-state index is 12.6. The van der Waals surface area contributed by atoms with Gasteiger partial charge in [0.1, 0.15) is 5.75 Å². The monoisotopic (exact) mass is 459 g/mol. The zero-order valence-electron chi connectivity index (χ0n) is 17.9. The Kier molecular flexibility index (Phi) is 7.07. The van der Waals surface area contributed by atoms with Crippen molar-refractivity contribution in [1.82, 2.24) is 10.2 Å². The van der Waals surface area contributed by atoms with Crippen LogP contribution in [-0.4, -0.2) is 31.1 Å². The molecule has 0 fully saturated rings. The highest BCUT2D eigenvalue weighted by molar-refractivity contribution is 7.92. The molecule has 1 heterocycles. The van der Waals surface area contributed by atoms with E-state index in [4.69, 9.17) is 4.74 Å². The van der Waals surface area contributed by atoms with Crippen molar-refractivity contribution < 1.29 is 17.9 Å². The van der Waals surface area contributed by atoms with Crippen LogP contribution in [0.3, 0.4) is 0 Å². The van der Waals surface area contributed by atoms with Crippen LogP contribution in [0.4, 0.5) is 5.13 Å². The molecule has 0 radical (unpaired) electrons. The molecular formula is C22H25N3O4S2. The first-order valence-corrected chi connectivity index (χ1v) is 12.3. The lowest BCUT2D eigenvalue weighted by atomic mass is 10.0. The Balaban J connectivity index is 1.63. The van der Waals surface area contributed by atoms with E-state index >= 15 is 0 Å². The van der Waals surface area contributed by atoms with Crippen LogP contribution in [0.15, 0.2) is 46.8 Å². The normalized spacial score (nSPS) is 11.5. The van der Waals surface area contributed by atoms with Crippen LogP contribution in [0.1, 0.15) is 42.0 Å². The number of ether oxygens (including phenoxy) is 1. The Morgan fingerprint density at radius 2 is 1.84 bits per heavy atom. The maximum Gasteiger partial charge on any atom is 0.264 e. The first kappa shape index (κ1) is 22.9. The van der Waals surface area contributed by atoms with Gasteiger partial charge in [-0.15, -0.1) is 10.2 Å². The molecule has 31 heavy (non-hydrogen) atoms. The molecule has 0 spiro atoms. The molecule has 0 aliphatic heterocycles. The fraction of sp³-hybridized carbons (Fsp3) is 0.318. The second-order valence-corrected chi connectivity index (χ2v) is 10.8. The molecule has 0 unspecified atom stereocenters. The van der Waals surface area contributed by atoms with Crippen LogP contribution < -0.4 is 10.1 Å². The van der Waals surface area contributed by atoms with Crippen LogP contribution in [0.25, 0.3) is 0 Å². The van der Waals surface area contributed by atoms with Gasteiger partial charge in [0.05, 0.1) is 5.75 Å². The van der Waals surface area contributed by atoms with Crippen LogP contribution in [-0.2, 0) is 20.4 Å². The van der Waals surface area contributed by atoms with E-state index in [0.29, 0.717) is 11.3 Å². The molecule has 9 heteroatoms. The predicted molar refractivity (Wildman–Crippen MR) is 121 cm³/mol. The lowest BCUT2D eigenvalue weighted by Gasteiger charge is -2.14. The van der Waals surface area contributed by atoms with Gasteiger partial charge in [0, 0.05) is 0 Å². The van der Waals surface area contributed by atoms with Gasteiger partial charge in [0.2, 0.25) is 19.3 Å². The Morgan fingerprint density at radius 1 is 1.10 bits per heavy atom. The average Bonchev–Trinajstić information content (AvgIpc) is 3.15. The summed E-state index contributed by atoms with van der Waals surface area (Å²) in [4.78, 5) is 12.3. The van der Waals surface area contributed by atoms with Gasteiger partial charge in [-0.1, -0.05) is 67.1 Å².